The third kappa shape index (κ3) is 3.58. The Hall–Kier alpha value is -0.420. The van der Waals surface area contributed by atoms with Crippen molar-refractivity contribution in [1.29, 1.82) is 0 Å². The van der Waals surface area contributed by atoms with Crippen LogP contribution in [0.2, 0.25) is 0 Å². The molecular formula is C4H6N2O2S2. The molecule has 0 aromatic heterocycles. The standard InChI is InChI=1S/C4H6N2O2S2/c5-3(1-9)4(7)8-6-2-10/h3,9H,1,5H2/t3-/m0/s1. The van der Waals surface area contributed by atoms with Crippen LogP contribution >= 0.6 is 24.8 Å². The lowest BCUT2D eigenvalue weighted by Crippen LogP contribution is -2.32. The highest BCUT2D eigenvalue weighted by Crippen LogP contribution is 1.87. The van der Waals surface area contributed by atoms with Gasteiger partial charge in [0.15, 0.2) is 0 Å². The number of nitrogens with two attached hydrogens (primary N) is 1. The summed E-state index contributed by atoms with van der Waals surface area (Å²) in [5, 5.41) is 4.80. The van der Waals surface area contributed by atoms with E-state index in [9.17, 15) is 4.79 Å². The van der Waals surface area contributed by atoms with Gasteiger partial charge in [0, 0.05) is 5.75 Å². The Morgan fingerprint density at radius 3 is 3.00 bits per heavy atom. The molecule has 0 saturated carbocycles. The Morgan fingerprint density at radius 2 is 2.60 bits per heavy atom. The molecule has 0 heterocycles. The van der Waals surface area contributed by atoms with E-state index in [1.54, 1.807) is 0 Å². The molecule has 0 amide bonds. The lowest BCUT2D eigenvalue weighted by molar-refractivity contribution is -0.144. The number of carbonyl (C=O) groups is 1. The smallest absolute Gasteiger partial charge is 0.318 e. The van der Waals surface area contributed by atoms with Crippen LogP contribution in [0.1, 0.15) is 0 Å². The zero-order valence-electron chi connectivity index (χ0n) is 4.98. The van der Waals surface area contributed by atoms with E-state index in [4.69, 9.17) is 5.73 Å². The van der Waals surface area contributed by atoms with E-state index in [0.29, 0.717) is 0 Å². The third-order valence-corrected chi connectivity index (χ3v) is 1.14. The van der Waals surface area contributed by atoms with Crippen molar-refractivity contribution in [2.24, 2.45) is 10.9 Å². The van der Waals surface area contributed by atoms with Gasteiger partial charge >= 0.3 is 5.97 Å². The van der Waals surface area contributed by atoms with E-state index < -0.39 is 12.0 Å². The molecule has 0 aromatic carbocycles. The summed E-state index contributed by atoms with van der Waals surface area (Å²) in [7, 11) is 0. The minimum atomic E-state index is -0.754. The van der Waals surface area contributed by atoms with Gasteiger partial charge in [0.05, 0.1) is 0 Å². The van der Waals surface area contributed by atoms with Crippen molar-refractivity contribution in [3.05, 3.63) is 0 Å². The molecule has 2 N–H and O–H groups in total. The second-order valence-electron chi connectivity index (χ2n) is 1.38. The number of carbonyl (C=O) groups excluding carboxylic acids is 1. The van der Waals surface area contributed by atoms with Gasteiger partial charge in [-0.15, -0.1) is 0 Å². The summed E-state index contributed by atoms with van der Waals surface area (Å²) in [6.45, 7) is 0. The fourth-order valence-electron chi connectivity index (χ4n) is 0.206. The second-order valence-corrected chi connectivity index (χ2v) is 1.93. The van der Waals surface area contributed by atoms with E-state index in [0.717, 1.165) is 0 Å². The highest BCUT2D eigenvalue weighted by Gasteiger charge is 2.12. The molecule has 4 nitrogen and oxygen atoms in total. The molecule has 0 unspecified atom stereocenters. The molecule has 0 aliphatic carbocycles. The summed E-state index contributed by atoms with van der Waals surface area (Å²) in [5.41, 5.74) is 5.18. The normalized spacial score (nSPS) is 11.4. The van der Waals surface area contributed by atoms with Crippen molar-refractivity contribution in [1.82, 2.24) is 0 Å². The molecule has 1 atom stereocenters. The molecule has 0 aromatic rings. The van der Waals surface area contributed by atoms with Crippen LogP contribution in [0.25, 0.3) is 0 Å². The van der Waals surface area contributed by atoms with E-state index in [2.05, 4.69) is 34.8 Å². The SMILES string of the molecule is N[C@@H](CS)C(=O)ON=C=S. The monoisotopic (exact) mass is 178 g/mol. The van der Waals surface area contributed by atoms with Gasteiger partial charge in [-0.25, -0.2) is 4.79 Å². The Morgan fingerprint density at radius 1 is 2.00 bits per heavy atom. The Bertz CT molecular complexity index is 167. The largest absolute Gasteiger partial charge is 0.353 e. The lowest BCUT2D eigenvalue weighted by atomic mass is 10.4. The summed E-state index contributed by atoms with van der Waals surface area (Å²) in [6, 6.07) is -0.754. The predicted molar refractivity (Wildman–Crippen MR) is 42.9 cm³/mol. The third-order valence-electron chi connectivity index (χ3n) is 0.672. The first kappa shape index (κ1) is 9.58. The molecule has 0 rings (SSSR count). The molecule has 10 heavy (non-hydrogen) atoms. The zero-order valence-corrected chi connectivity index (χ0v) is 6.69. The van der Waals surface area contributed by atoms with E-state index in [1.165, 1.54) is 0 Å². The highest BCUT2D eigenvalue weighted by atomic mass is 32.1. The van der Waals surface area contributed by atoms with Crippen LogP contribution in [-0.4, -0.2) is 22.9 Å². The van der Waals surface area contributed by atoms with Gasteiger partial charge in [0.1, 0.15) is 11.2 Å². The summed E-state index contributed by atoms with van der Waals surface area (Å²) in [6.07, 6.45) is 0. The summed E-state index contributed by atoms with van der Waals surface area (Å²) < 4.78 is 0. The maximum atomic E-state index is 10.6. The number of hydrogen-bond donors (Lipinski definition) is 2. The average Bonchev–Trinajstić information content (AvgIpc) is 1.98. The first-order chi connectivity index (χ1) is 4.72. The van der Waals surface area contributed by atoms with Crippen molar-refractivity contribution in [2.75, 3.05) is 5.75 Å². The van der Waals surface area contributed by atoms with E-state index >= 15 is 0 Å². The van der Waals surface area contributed by atoms with Gasteiger partial charge in [-0.05, 0) is 17.4 Å². The van der Waals surface area contributed by atoms with Crippen molar-refractivity contribution in [3.63, 3.8) is 0 Å². The van der Waals surface area contributed by atoms with Crippen LogP contribution in [-0.2, 0) is 9.63 Å². The number of rotatable bonds is 3. The van der Waals surface area contributed by atoms with Gasteiger partial charge in [0.25, 0.3) is 0 Å². The predicted octanol–water partition coefficient (Wildman–Crippen LogP) is -0.196. The number of thiocarbonyl (C=S) groups is 1. The molecular weight excluding hydrogens is 172 g/mol. The fraction of sp³-hybridized carbons (Fsp3) is 0.500. The van der Waals surface area contributed by atoms with Crippen LogP contribution in [0.15, 0.2) is 5.16 Å². The summed E-state index contributed by atoms with van der Waals surface area (Å²) in [4.78, 5) is 14.7. The van der Waals surface area contributed by atoms with Crippen LogP contribution in [0.5, 0.6) is 0 Å². The van der Waals surface area contributed by atoms with E-state index in [1.807, 2.05) is 5.16 Å². The Balaban J connectivity index is 3.72. The molecule has 0 aliphatic rings. The van der Waals surface area contributed by atoms with Crippen LogP contribution in [0, 0.1) is 0 Å². The second kappa shape index (κ2) is 5.37. The van der Waals surface area contributed by atoms with Crippen molar-refractivity contribution in [2.45, 2.75) is 6.04 Å². The van der Waals surface area contributed by atoms with Crippen LogP contribution < -0.4 is 5.73 Å². The first-order valence-corrected chi connectivity index (χ1v) is 3.41. The number of hydrogen-bond acceptors (Lipinski definition) is 6. The quantitative estimate of drug-likeness (QED) is 0.207. The number of isothiocyanates is 1. The number of thiol groups is 1. The Labute approximate surface area is 68.8 Å². The summed E-state index contributed by atoms with van der Waals surface area (Å²) >= 11 is 7.90. The fourth-order valence-corrected chi connectivity index (χ4v) is 0.392. The van der Waals surface area contributed by atoms with Crippen molar-refractivity contribution in [3.8, 4) is 0 Å². The molecule has 0 spiro atoms. The molecule has 6 heteroatoms. The molecule has 0 radical (unpaired) electrons. The van der Waals surface area contributed by atoms with Crippen molar-refractivity contribution < 1.29 is 9.63 Å². The zero-order chi connectivity index (χ0) is 7.98. The van der Waals surface area contributed by atoms with Crippen molar-refractivity contribution >= 4 is 36.0 Å². The van der Waals surface area contributed by atoms with Crippen LogP contribution in [0.3, 0.4) is 0 Å². The highest BCUT2D eigenvalue weighted by molar-refractivity contribution is 7.80. The maximum Gasteiger partial charge on any atom is 0.353 e. The molecule has 0 fully saturated rings. The molecule has 56 valence electrons. The van der Waals surface area contributed by atoms with E-state index in [-0.39, 0.29) is 5.75 Å². The minimum absolute atomic E-state index is 0.214. The molecule has 0 saturated heterocycles. The molecule has 0 bridgehead atoms. The van der Waals surface area contributed by atoms with Gasteiger partial charge in [-0.2, -0.15) is 12.6 Å². The Kier molecular flexibility index (Phi) is 5.15. The lowest BCUT2D eigenvalue weighted by Gasteiger charge is -2.00. The number of nitrogens with zero attached hydrogens (tertiary/aromatic N) is 1. The molecule has 0 aliphatic heterocycles. The maximum absolute atomic E-state index is 10.6. The topological polar surface area (TPSA) is 64.7 Å². The minimum Gasteiger partial charge on any atom is -0.318 e. The van der Waals surface area contributed by atoms with Crippen LogP contribution in [0.4, 0.5) is 0 Å². The first-order valence-electron chi connectivity index (χ1n) is 2.37. The van der Waals surface area contributed by atoms with Gasteiger partial charge in [0.2, 0.25) is 0 Å². The average molecular weight is 178 g/mol. The van der Waals surface area contributed by atoms with Gasteiger partial charge < -0.3 is 10.6 Å². The summed E-state index contributed by atoms with van der Waals surface area (Å²) in [5.74, 6) is -0.446. The van der Waals surface area contributed by atoms with Gasteiger partial charge in [-0.3, -0.25) is 0 Å². The van der Waals surface area contributed by atoms with Gasteiger partial charge in [-0.1, -0.05) is 0 Å².